The van der Waals surface area contributed by atoms with E-state index < -0.39 is 19.8 Å². The second-order valence-corrected chi connectivity index (χ2v) is 26.3. The summed E-state index contributed by atoms with van der Waals surface area (Å²) in [5.41, 5.74) is 4.57. The molecule has 4 aliphatic carbocycles. The van der Waals surface area contributed by atoms with E-state index in [0.29, 0.717) is 27.2 Å². The van der Waals surface area contributed by atoms with E-state index in [9.17, 15) is 0 Å². The van der Waals surface area contributed by atoms with Crippen LogP contribution in [0.2, 0.25) is 0 Å². The number of aliphatic imine (C=N–C) groups is 1. The van der Waals surface area contributed by atoms with Crippen LogP contribution < -0.4 is 21.2 Å². The molecule has 1 nitrogen and oxygen atoms in total. The van der Waals surface area contributed by atoms with E-state index in [1.54, 1.807) is 26.1 Å². The van der Waals surface area contributed by atoms with Crippen molar-refractivity contribution in [1.82, 2.24) is 0 Å². The number of hydrogen-bond acceptors (Lipinski definition) is 1. The van der Waals surface area contributed by atoms with Crippen LogP contribution in [0.15, 0.2) is 40.4 Å². The average Bonchev–Trinajstić information content (AvgIpc) is 3.67. The third-order valence-electron chi connectivity index (χ3n) is 11.7. The van der Waals surface area contributed by atoms with E-state index in [1.807, 2.05) is 11.1 Å². The van der Waals surface area contributed by atoms with Crippen molar-refractivity contribution >= 4 is 48.6 Å². The van der Waals surface area contributed by atoms with Gasteiger partial charge in [-0.25, -0.2) is 0 Å². The molecule has 220 valence electrons. The summed E-state index contributed by atoms with van der Waals surface area (Å²) in [6.45, 7) is 5.02. The van der Waals surface area contributed by atoms with Gasteiger partial charge in [0, 0.05) is 0 Å². The number of rotatable bonds is 10. The molecule has 1 saturated carbocycles. The molecular weight excluding hydrogens is 815 g/mol. The number of nitrogens with zero attached hydrogens (tertiary/aromatic N) is 1. The molecule has 0 aromatic heterocycles. The van der Waals surface area contributed by atoms with Crippen LogP contribution in [0.25, 0.3) is 0 Å². The molecule has 0 aromatic carbocycles. The molecule has 9 atom stereocenters. The topological polar surface area (TPSA) is 12.4 Å². The van der Waals surface area contributed by atoms with E-state index in [-0.39, 0.29) is 0 Å². The van der Waals surface area contributed by atoms with E-state index in [1.165, 1.54) is 64.2 Å². The minimum atomic E-state index is -0.606. The molecule has 1 spiro atoms. The monoisotopic (exact) mass is 868 g/mol. The Morgan fingerprint density at radius 1 is 1.13 bits per heavy atom. The Bertz CT molecular complexity index is 976. The summed E-state index contributed by atoms with van der Waals surface area (Å²) >= 11 is 2.50. The second-order valence-electron chi connectivity index (χ2n) is 14.0. The van der Waals surface area contributed by atoms with E-state index >= 15 is 0 Å². The fourth-order valence-electron chi connectivity index (χ4n) is 9.06. The number of unbranched alkanes of at least 4 members (excludes halogenated alkanes) is 1. The first-order chi connectivity index (χ1) is 19.0. The SMILES string of the molecule is CCC1=C(CCCCI2CC(C)C3(CC3)C2)CC2N=CCC(CC3C=CC4C(C=CCC4C(I)[I-]C)C3)C2C1. The number of allylic oxidation sites excluding steroid dienone is 5. The summed E-state index contributed by atoms with van der Waals surface area (Å²) < 4.78 is 5.98. The molecule has 6 rings (SSSR count). The maximum atomic E-state index is 5.16. The summed E-state index contributed by atoms with van der Waals surface area (Å²) in [7, 11) is 0. The number of fused-ring (bicyclic) bond motifs is 2. The van der Waals surface area contributed by atoms with Gasteiger partial charge in [0.2, 0.25) is 0 Å². The van der Waals surface area contributed by atoms with Gasteiger partial charge in [0.15, 0.2) is 0 Å². The molecule has 9 unspecified atom stereocenters. The quantitative estimate of drug-likeness (QED) is 0.0980. The zero-order chi connectivity index (χ0) is 27.0. The molecule has 2 aliphatic heterocycles. The maximum absolute atomic E-state index is 5.16. The van der Waals surface area contributed by atoms with Gasteiger partial charge in [-0.1, -0.05) is 0 Å². The van der Waals surface area contributed by atoms with Gasteiger partial charge in [-0.3, -0.25) is 0 Å². The van der Waals surface area contributed by atoms with Crippen LogP contribution in [0.1, 0.15) is 90.9 Å². The fourth-order valence-corrected chi connectivity index (χ4v) is 20.7. The first kappa shape index (κ1) is 30.1. The molecule has 6 aliphatic rings. The Labute approximate surface area is 271 Å². The van der Waals surface area contributed by atoms with Crippen LogP contribution in [0.4, 0.5) is 0 Å². The standard InChI is InChI=1S/C35H53I3N/c1-4-26-20-32-29(19-25-11-12-30-28(18-25)9-7-10-31(30)34(36)37-3)13-17-39-33(32)21-27(26)8-5-6-16-38-22-24(2)35(23-38)14-15-35/h7,9,11-12,17,24-25,28-34H,4-6,8,10,13-16,18-23H2,1-3H3/q-1. The van der Waals surface area contributed by atoms with Crippen molar-refractivity contribution in [3.63, 3.8) is 0 Å². The van der Waals surface area contributed by atoms with Gasteiger partial charge >= 0.3 is 274 Å². The molecule has 1 saturated heterocycles. The van der Waals surface area contributed by atoms with Gasteiger partial charge in [-0.2, -0.15) is 0 Å². The predicted octanol–water partition coefficient (Wildman–Crippen LogP) is 6.92. The summed E-state index contributed by atoms with van der Waals surface area (Å²) in [6, 6.07) is 0.586. The number of hydrogen-bond donors (Lipinski definition) is 0. The van der Waals surface area contributed by atoms with Gasteiger partial charge < -0.3 is 0 Å². The Kier molecular flexibility index (Phi) is 10.3. The third kappa shape index (κ3) is 6.77. The van der Waals surface area contributed by atoms with Crippen molar-refractivity contribution in [2.75, 3.05) is 18.2 Å². The molecule has 2 fully saturated rings. The third-order valence-corrected chi connectivity index (χ3v) is 25.4. The summed E-state index contributed by atoms with van der Waals surface area (Å²) in [5.74, 6) is 6.02. The summed E-state index contributed by atoms with van der Waals surface area (Å²) in [5, 5.41) is 0. The first-order valence-corrected chi connectivity index (χ1v) is 25.5. The van der Waals surface area contributed by atoms with Crippen molar-refractivity contribution in [3.05, 3.63) is 35.5 Å². The molecule has 4 heteroatoms. The van der Waals surface area contributed by atoms with Crippen LogP contribution in [0.3, 0.4) is 0 Å². The molecule has 0 bridgehead atoms. The Morgan fingerprint density at radius 3 is 2.77 bits per heavy atom. The van der Waals surface area contributed by atoms with Crippen LogP contribution in [0.5, 0.6) is 0 Å². The van der Waals surface area contributed by atoms with Crippen molar-refractivity contribution in [2.24, 2.45) is 51.8 Å². The van der Waals surface area contributed by atoms with Gasteiger partial charge in [-0.05, 0) is 0 Å². The predicted molar refractivity (Wildman–Crippen MR) is 184 cm³/mol. The minimum absolute atomic E-state index is 0.331. The zero-order valence-corrected chi connectivity index (χ0v) is 31.2. The normalized spacial score (nSPS) is 40.3. The summed E-state index contributed by atoms with van der Waals surface area (Å²) in [4.78, 5) is 7.64. The zero-order valence-electron chi connectivity index (χ0n) is 24.8. The fraction of sp³-hybridized carbons (Fsp3) is 0.800. The van der Waals surface area contributed by atoms with Crippen LogP contribution >= 0.6 is 42.4 Å². The van der Waals surface area contributed by atoms with Gasteiger partial charge in [-0.15, -0.1) is 0 Å². The molecule has 2 heterocycles. The van der Waals surface area contributed by atoms with Crippen molar-refractivity contribution in [3.8, 4) is 0 Å². The number of halogens is 3. The van der Waals surface area contributed by atoms with Crippen LogP contribution in [0, 0.1) is 46.8 Å². The second kappa shape index (κ2) is 13.4. The summed E-state index contributed by atoms with van der Waals surface area (Å²) in [6.07, 6.45) is 29.6. The van der Waals surface area contributed by atoms with Crippen LogP contribution in [-0.2, 0) is 0 Å². The Morgan fingerprint density at radius 2 is 2.00 bits per heavy atom. The average molecular weight is 869 g/mol. The Balaban J connectivity index is 1.02. The van der Waals surface area contributed by atoms with Crippen molar-refractivity contribution < 1.29 is 21.2 Å². The number of alkyl halides is 6. The molecule has 0 N–H and O–H groups in total. The van der Waals surface area contributed by atoms with E-state index in [4.69, 9.17) is 4.99 Å². The first-order valence-electron chi connectivity index (χ1n) is 16.3. The molecule has 0 amide bonds. The van der Waals surface area contributed by atoms with E-state index in [0.717, 1.165) is 48.8 Å². The van der Waals surface area contributed by atoms with Gasteiger partial charge in [0.25, 0.3) is 0 Å². The van der Waals surface area contributed by atoms with Crippen LogP contribution in [-0.4, -0.2) is 32.4 Å². The van der Waals surface area contributed by atoms with Crippen molar-refractivity contribution in [2.45, 2.75) is 98.9 Å². The molecule has 39 heavy (non-hydrogen) atoms. The Hall–Kier alpha value is 1.08. The van der Waals surface area contributed by atoms with Crippen molar-refractivity contribution in [1.29, 1.82) is 0 Å². The molecule has 0 aromatic rings. The molecular formula is C35H53I3N-. The van der Waals surface area contributed by atoms with Gasteiger partial charge in [0.05, 0.1) is 0 Å². The molecule has 0 radical (unpaired) electrons. The van der Waals surface area contributed by atoms with E-state index in [2.05, 4.69) is 71.9 Å². The van der Waals surface area contributed by atoms with Gasteiger partial charge in [0.1, 0.15) is 0 Å².